The summed E-state index contributed by atoms with van der Waals surface area (Å²) in [6.45, 7) is 3.04. The number of nitrogens with zero attached hydrogens (tertiary/aromatic N) is 1. The summed E-state index contributed by atoms with van der Waals surface area (Å²) in [6.07, 6.45) is 1.03. The number of likely N-dealkylation sites (tertiary alicyclic amines) is 1. The molecule has 1 fully saturated rings. The van der Waals surface area contributed by atoms with Crippen molar-refractivity contribution in [3.05, 3.63) is 41.6 Å². The Morgan fingerprint density at radius 1 is 1.29 bits per heavy atom. The molecule has 0 aromatic heterocycles. The first-order valence-corrected chi connectivity index (χ1v) is 4.82. The van der Waals surface area contributed by atoms with Crippen LogP contribution in [0.5, 0.6) is 0 Å². The van der Waals surface area contributed by atoms with Gasteiger partial charge in [-0.15, -0.1) is 6.04 Å². The van der Waals surface area contributed by atoms with E-state index in [2.05, 4.69) is 29.2 Å². The summed E-state index contributed by atoms with van der Waals surface area (Å²) < 4.78 is 0. The summed E-state index contributed by atoms with van der Waals surface area (Å²) in [4.78, 5) is 2.35. The van der Waals surface area contributed by atoms with Crippen molar-refractivity contribution in [1.29, 1.82) is 0 Å². The molecule has 0 amide bonds. The molecule has 0 unspecified atom stereocenters. The van der Waals surface area contributed by atoms with Crippen molar-refractivity contribution >= 4 is 0 Å². The fourth-order valence-electron chi connectivity index (χ4n) is 1.82. The molecule has 0 spiro atoms. The Bertz CT molecular complexity index is 263. The van der Waals surface area contributed by atoms with E-state index in [0.717, 1.165) is 26.1 Å². The molecule has 1 atom stereocenters. The number of benzene rings is 1. The van der Waals surface area contributed by atoms with Crippen LogP contribution in [0, 0.1) is 0 Å². The predicted octanol–water partition coefficient (Wildman–Crippen LogP) is -0.683. The van der Waals surface area contributed by atoms with E-state index in [1.807, 2.05) is 6.07 Å². The van der Waals surface area contributed by atoms with Crippen LogP contribution in [0.3, 0.4) is 0 Å². The first kappa shape index (κ1) is 11.8. The van der Waals surface area contributed by atoms with Crippen molar-refractivity contribution in [1.82, 2.24) is 4.90 Å². The average Bonchev–Trinajstić information content (AvgIpc) is 2.53. The second-order valence-corrected chi connectivity index (χ2v) is 3.71. The Balaban J connectivity index is 0.000000980. The summed E-state index contributed by atoms with van der Waals surface area (Å²) in [6, 6.07) is 10.6. The van der Waals surface area contributed by atoms with Crippen molar-refractivity contribution in [2.75, 3.05) is 13.1 Å². The van der Waals surface area contributed by atoms with Crippen LogP contribution in [0.2, 0.25) is 0 Å². The molecule has 1 aromatic carbocycles. The van der Waals surface area contributed by atoms with E-state index in [1.54, 1.807) is 0 Å². The molecule has 0 saturated carbocycles. The second kappa shape index (κ2) is 5.58. The van der Waals surface area contributed by atoms with E-state index in [9.17, 15) is 0 Å². The maximum atomic E-state index is 7.59. The average molecular weight is 182 g/mol. The largest absolute Gasteiger partial charge is 1.00 e. The first-order valence-electron chi connectivity index (χ1n) is 4.82. The van der Waals surface area contributed by atoms with Crippen LogP contribution < -0.4 is 18.9 Å². The fraction of sp³-hybridized carbons (Fsp3) is 0.455. The van der Waals surface area contributed by atoms with Crippen LogP contribution in [0.15, 0.2) is 30.3 Å². The van der Waals surface area contributed by atoms with Crippen LogP contribution in [0.1, 0.15) is 12.0 Å². The standard InChI is InChI=1S/C11H15N2.Li/c12-11-6-7-13(9-11)8-10-4-2-1-3-5-10;/h1-5,11-12H,6-9H2;/q-1;+1/t11-;/m0./s1. The summed E-state index contributed by atoms with van der Waals surface area (Å²) in [7, 11) is 0. The molecule has 1 heterocycles. The summed E-state index contributed by atoms with van der Waals surface area (Å²) in [5.74, 6) is 0. The summed E-state index contributed by atoms with van der Waals surface area (Å²) >= 11 is 0. The molecule has 0 radical (unpaired) electrons. The molecule has 14 heavy (non-hydrogen) atoms. The molecular weight excluding hydrogens is 167 g/mol. The quantitative estimate of drug-likeness (QED) is 0.557. The zero-order valence-corrected chi connectivity index (χ0v) is 8.74. The molecule has 0 aliphatic carbocycles. The van der Waals surface area contributed by atoms with Crippen molar-refractivity contribution in [2.45, 2.75) is 19.0 Å². The molecule has 1 aliphatic heterocycles. The molecule has 2 nitrogen and oxygen atoms in total. The normalized spacial score (nSPS) is 21.9. The summed E-state index contributed by atoms with van der Waals surface area (Å²) in [5, 5.41) is 0. The maximum Gasteiger partial charge on any atom is 1.00 e. The zero-order chi connectivity index (χ0) is 9.10. The Morgan fingerprint density at radius 3 is 2.57 bits per heavy atom. The van der Waals surface area contributed by atoms with E-state index < -0.39 is 0 Å². The molecule has 0 bridgehead atoms. The van der Waals surface area contributed by atoms with Crippen molar-refractivity contribution in [3.63, 3.8) is 0 Å². The van der Waals surface area contributed by atoms with Crippen LogP contribution in [0.25, 0.3) is 5.73 Å². The Kier molecular flexibility index (Phi) is 4.71. The minimum atomic E-state index is 0. The van der Waals surface area contributed by atoms with Gasteiger partial charge in [-0.2, -0.15) is 0 Å². The molecule has 1 aromatic rings. The SMILES string of the molecule is [Li+].[NH-][C@H]1CCN(Cc2ccccc2)C1. The monoisotopic (exact) mass is 182 g/mol. The van der Waals surface area contributed by atoms with Gasteiger partial charge >= 0.3 is 18.9 Å². The maximum absolute atomic E-state index is 7.59. The van der Waals surface area contributed by atoms with Crippen molar-refractivity contribution in [2.24, 2.45) is 0 Å². The van der Waals surface area contributed by atoms with Crippen LogP contribution in [0.4, 0.5) is 0 Å². The number of rotatable bonds is 2. The second-order valence-electron chi connectivity index (χ2n) is 3.71. The Morgan fingerprint density at radius 2 is 2.00 bits per heavy atom. The fourth-order valence-corrected chi connectivity index (χ4v) is 1.82. The summed E-state index contributed by atoms with van der Waals surface area (Å²) in [5.41, 5.74) is 8.94. The van der Waals surface area contributed by atoms with E-state index in [4.69, 9.17) is 5.73 Å². The van der Waals surface area contributed by atoms with Gasteiger partial charge in [0.05, 0.1) is 0 Å². The van der Waals surface area contributed by atoms with Gasteiger partial charge in [-0.25, -0.2) is 0 Å². The third-order valence-electron chi connectivity index (χ3n) is 2.52. The number of hydrogen-bond donors (Lipinski definition) is 0. The van der Waals surface area contributed by atoms with Gasteiger partial charge in [0.1, 0.15) is 0 Å². The van der Waals surface area contributed by atoms with E-state index in [1.165, 1.54) is 5.56 Å². The third kappa shape index (κ3) is 3.15. The zero-order valence-electron chi connectivity index (χ0n) is 8.74. The predicted molar refractivity (Wildman–Crippen MR) is 54.4 cm³/mol. The molecule has 1 N–H and O–H groups in total. The smallest absolute Gasteiger partial charge is 0.674 e. The number of nitrogens with one attached hydrogen (secondary N) is 1. The van der Waals surface area contributed by atoms with Crippen LogP contribution in [-0.4, -0.2) is 24.0 Å². The van der Waals surface area contributed by atoms with Gasteiger partial charge in [0.15, 0.2) is 0 Å². The van der Waals surface area contributed by atoms with Gasteiger partial charge in [-0.1, -0.05) is 36.8 Å². The van der Waals surface area contributed by atoms with Gasteiger partial charge in [0.25, 0.3) is 0 Å². The topological polar surface area (TPSA) is 27.0 Å². The number of hydrogen-bond acceptors (Lipinski definition) is 1. The Labute approximate surface area is 97.6 Å². The van der Waals surface area contributed by atoms with Crippen LogP contribution in [-0.2, 0) is 6.54 Å². The molecular formula is C11H15LiN2. The van der Waals surface area contributed by atoms with Crippen molar-refractivity contribution in [3.8, 4) is 0 Å². The van der Waals surface area contributed by atoms with Gasteiger partial charge in [0.2, 0.25) is 0 Å². The van der Waals surface area contributed by atoms with Gasteiger partial charge in [0, 0.05) is 6.54 Å². The minimum Gasteiger partial charge on any atom is -0.674 e. The van der Waals surface area contributed by atoms with E-state index in [-0.39, 0.29) is 24.9 Å². The minimum absolute atomic E-state index is 0. The third-order valence-corrected chi connectivity index (χ3v) is 2.52. The molecule has 70 valence electrons. The Hall–Kier alpha value is -0.263. The van der Waals surface area contributed by atoms with Gasteiger partial charge < -0.3 is 10.6 Å². The van der Waals surface area contributed by atoms with E-state index >= 15 is 0 Å². The van der Waals surface area contributed by atoms with Gasteiger partial charge in [-0.05, 0) is 18.7 Å². The first-order chi connectivity index (χ1) is 6.34. The van der Waals surface area contributed by atoms with E-state index in [0.29, 0.717) is 0 Å². The molecule has 1 saturated heterocycles. The van der Waals surface area contributed by atoms with Crippen molar-refractivity contribution < 1.29 is 18.9 Å². The van der Waals surface area contributed by atoms with Crippen LogP contribution >= 0.6 is 0 Å². The molecule has 1 aliphatic rings. The molecule has 3 heteroatoms. The molecule has 2 rings (SSSR count). The van der Waals surface area contributed by atoms with Gasteiger partial charge in [-0.3, -0.25) is 0 Å².